The predicted octanol–water partition coefficient (Wildman–Crippen LogP) is 3.39. The minimum atomic E-state index is 0.495. The lowest BCUT2D eigenvalue weighted by Gasteiger charge is -2.08. The molecule has 0 atom stereocenters. The molecule has 0 heterocycles. The van der Waals surface area contributed by atoms with Crippen molar-refractivity contribution in [2.24, 2.45) is 5.73 Å². The van der Waals surface area contributed by atoms with Gasteiger partial charge in [-0.05, 0) is 29.3 Å². The van der Waals surface area contributed by atoms with Gasteiger partial charge in [0.1, 0.15) is 12.4 Å². The Bertz CT molecular complexity index is 528. The van der Waals surface area contributed by atoms with Gasteiger partial charge >= 0.3 is 0 Å². The molecule has 2 aromatic carbocycles. The van der Waals surface area contributed by atoms with Gasteiger partial charge in [-0.2, -0.15) is 0 Å². The third-order valence-corrected chi connectivity index (χ3v) is 3.24. The van der Waals surface area contributed by atoms with E-state index in [0.29, 0.717) is 26.4 Å². The fourth-order valence-electron chi connectivity index (χ4n) is 1.74. The quantitative estimate of drug-likeness (QED) is 0.795. The van der Waals surface area contributed by atoms with Crippen molar-refractivity contribution in [1.29, 1.82) is 0 Å². The summed E-state index contributed by atoms with van der Waals surface area (Å²) in [5, 5.41) is 0.728. The van der Waals surface area contributed by atoms with Crippen LogP contribution in [0.1, 0.15) is 11.1 Å². The zero-order valence-electron chi connectivity index (χ0n) is 11.2. The summed E-state index contributed by atoms with van der Waals surface area (Å²) in [5.74, 6) is 0.823. The van der Waals surface area contributed by atoms with E-state index in [-0.39, 0.29) is 0 Å². The molecule has 0 bridgehead atoms. The summed E-state index contributed by atoms with van der Waals surface area (Å²) in [6.07, 6.45) is 0. The molecule has 0 aromatic heterocycles. The van der Waals surface area contributed by atoms with Gasteiger partial charge < -0.3 is 15.2 Å². The van der Waals surface area contributed by atoms with E-state index in [1.54, 1.807) is 0 Å². The summed E-state index contributed by atoms with van der Waals surface area (Å²) in [7, 11) is 0. The van der Waals surface area contributed by atoms with Crippen molar-refractivity contribution in [1.82, 2.24) is 0 Å². The average molecular weight is 292 g/mol. The van der Waals surface area contributed by atoms with Gasteiger partial charge in [0.2, 0.25) is 0 Å². The number of benzene rings is 2. The summed E-state index contributed by atoms with van der Waals surface area (Å²) in [6.45, 7) is 2.06. The van der Waals surface area contributed by atoms with Crippen molar-refractivity contribution in [2.45, 2.75) is 13.2 Å². The average Bonchev–Trinajstić information content (AvgIpc) is 2.49. The molecule has 0 amide bonds. The molecule has 2 rings (SSSR count). The first kappa shape index (κ1) is 14.9. The molecule has 2 aromatic rings. The number of rotatable bonds is 7. The van der Waals surface area contributed by atoms with E-state index < -0.39 is 0 Å². The molecule has 3 nitrogen and oxygen atoms in total. The van der Waals surface area contributed by atoms with Gasteiger partial charge in [-0.3, -0.25) is 0 Å². The Balaban J connectivity index is 1.67. The van der Waals surface area contributed by atoms with E-state index >= 15 is 0 Å². The lowest BCUT2D eigenvalue weighted by Crippen LogP contribution is -2.07. The number of ether oxygens (including phenoxy) is 2. The molecule has 0 saturated carbocycles. The molecule has 0 fully saturated rings. The van der Waals surface area contributed by atoms with E-state index in [9.17, 15) is 0 Å². The Morgan fingerprint density at radius 3 is 2.40 bits per heavy atom. The first-order valence-corrected chi connectivity index (χ1v) is 6.90. The minimum Gasteiger partial charge on any atom is -0.491 e. The molecular weight excluding hydrogens is 274 g/mol. The van der Waals surface area contributed by atoms with Crippen molar-refractivity contribution in [2.75, 3.05) is 13.2 Å². The van der Waals surface area contributed by atoms with Crippen molar-refractivity contribution in [3.8, 4) is 5.75 Å². The summed E-state index contributed by atoms with van der Waals surface area (Å²) in [4.78, 5) is 0. The smallest absolute Gasteiger partial charge is 0.119 e. The van der Waals surface area contributed by atoms with Gasteiger partial charge in [-0.1, -0.05) is 41.9 Å². The van der Waals surface area contributed by atoms with Crippen molar-refractivity contribution < 1.29 is 9.47 Å². The van der Waals surface area contributed by atoms with Crippen LogP contribution in [0.4, 0.5) is 0 Å². The Morgan fingerprint density at radius 1 is 0.950 bits per heavy atom. The Morgan fingerprint density at radius 2 is 1.70 bits per heavy atom. The molecule has 20 heavy (non-hydrogen) atoms. The maximum Gasteiger partial charge on any atom is 0.119 e. The Hall–Kier alpha value is -1.55. The van der Waals surface area contributed by atoms with E-state index in [2.05, 4.69) is 0 Å². The summed E-state index contributed by atoms with van der Waals surface area (Å²) in [6, 6.07) is 15.4. The van der Waals surface area contributed by atoms with Gasteiger partial charge in [0.15, 0.2) is 0 Å². The van der Waals surface area contributed by atoms with E-state index in [1.807, 2.05) is 48.5 Å². The fourth-order valence-corrected chi connectivity index (χ4v) is 1.93. The minimum absolute atomic E-state index is 0.495. The third kappa shape index (κ3) is 4.53. The number of hydrogen-bond donors (Lipinski definition) is 1. The Labute approximate surface area is 124 Å². The lowest BCUT2D eigenvalue weighted by atomic mass is 10.2. The highest BCUT2D eigenvalue weighted by atomic mass is 35.5. The molecule has 106 valence electrons. The highest BCUT2D eigenvalue weighted by Gasteiger charge is 1.99. The lowest BCUT2D eigenvalue weighted by molar-refractivity contribution is 0.0889. The second kappa shape index (κ2) is 7.90. The first-order valence-electron chi connectivity index (χ1n) is 6.52. The van der Waals surface area contributed by atoms with Gasteiger partial charge in [0.25, 0.3) is 0 Å². The second-order valence-corrected chi connectivity index (χ2v) is 4.75. The normalized spacial score (nSPS) is 10.5. The molecule has 4 heteroatoms. The van der Waals surface area contributed by atoms with Gasteiger partial charge in [0.05, 0.1) is 13.2 Å². The molecule has 0 radical (unpaired) electrons. The van der Waals surface area contributed by atoms with Crippen molar-refractivity contribution >= 4 is 11.6 Å². The zero-order valence-corrected chi connectivity index (χ0v) is 12.0. The van der Waals surface area contributed by atoms with Crippen LogP contribution in [0.25, 0.3) is 0 Å². The van der Waals surface area contributed by atoms with Gasteiger partial charge in [-0.25, -0.2) is 0 Å². The standard InChI is InChI=1S/C16H18ClNO2/c17-16-4-2-1-3-14(16)12-19-9-10-20-15-7-5-13(11-18)6-8-15/h1-8H,9-12,18H2. The van der Waals surface area contributed by atoms with Crippen LogP contribution >= 0.6 is 11.6 Å². The number of nitrogens with two attached hydrogens (primary N) is 1. The molecule has 0 aliphatic heterocycles. The van der Waals surface area contributed by atoms with E-state index in [0.717, 1.165) is 21.9 Å². The largest absolute Gasteiger partial charge is 0.491 e. The molecule has 0 saturated heterocycles. The molecule has 0 aliphatic carbocycles. The van der Waals surface area contributed by atoms with Gasteiger partial charge in [-0.15, -0.1) is 0 Å². The van der Waals surface area contributed by atoms with Crippen LogP contribution in [-0.2, 0) is 17.9 Å². The number of halogens is 1. The monoisotopic (exact) mass is 291 g/mol. The topological polar surface area (TPSA) is 44.5 Å². The molecular formula is C16H18ClNO2. The van der Waals surface area contributed by atoms with Gasteiger partial charge in [0, 0.05) is 11.6 Å². The summed E-state index contributed by atoms with van der Waals surface area (Å²) < 4.78 is 11.1. The van der Waals surface area contributed by atoms with E-state index in [4.69, 9.17) is 26.8 Å². The fraction of sp³-hybridized carbons (Fsp3) is 0.250. The highest BCUT2D eigenvalue weighted by Crippen LogP contribution is 2.16. The third-order valence-electron chi connectivity index (χ3n) is 2.87. The van der Waals surface area contributed by atoms with Crippen LogP contribution in [0.15, 0.2) is 48.5 Å². The predicted molar refractivity (Wildman–Crippen MR) is 80.9 cm³/mol. The maximum atomic E-state index is 6.04. The molecule has 0 unspecified atom stereocenters. The molecule has 0 spiro atoms. The zero-order chi connectivity index (χ0) is 14.2. The van der Waals surface area contributed by atoms with Crippen LogP contribution in [0.5, 0.6) is 5.75 Å². The van der Waals surface area contributed by atoms with Crippen LogP contribution in [-0.4, -0.2) is 13.2 Å². The van der Waals surface area contributed by atoms with Crippen LogP contribution in [0, 0.1) is 0 Å². The van der Waals surface area contributed by atoms with Crippen LogP contribution in [0.2, 0.25) is 5.02 Å². The first-order chi connectivity index (χ1) is 9.79. The Kier molecular flexibility index (Phi) is 5.87. The van der Waals surface area contributed by atoms with Crippen LogP contribution in [0.3, 0.4) is 0 Å². The van der Waals surface area contributed by atoms with Crippen LogP contribution < -0.4 is 10.5 Å². The SMILES string of the molecule is NCc1ccc(OCCOCc2ccccc2Cl)cc1. The van der Waals surface area contributed by atoms with Crippen molar-refractivity contribution in [3.05, 3.63) is 64.7 Å². The number of hydrogen-bond acceptors (Lipinski definition) is 3. The molecule has 0 aliphatic rings. The van der Waals surface area contributed by atoms with E-state index in [1.165, 1.54) is 0 Å². The summed E-state index contributed by atoms with van der Waals surface area (Å²) in [5.41, 5.74) is 7.61. The molecule has 2 N–H and O–H groups in total. The van der Waals surface area contributed by atoms with Crippen molar-refractivity contribution in [3.63, 3.8) is 0 Å². The summed E-state index contributed by atoms with van der Waals surface area (Å²) >= 11 is 6.04. The highest BCUT2D eigenvalue weighted by molar-refractivity contribution is 6.31. The second-order valence-electron chi connectivity index (χ2n) is 4.34. The maximum absolute atomic E-state index is 6.04.